The first-order valence-corrected chi connectivity index (χ1v) is 8.49. The van der Waals surface area contributed by atoms with Gasteiger partial charge in [0.15, 0.2) is 0 Å². The van der Waals surface area contributed by atoms with Crippen LogP contribution in [0.3, 0.4) is 0 Å². The summed E-state index contributed by atoms with van der Waals surface area (Å²) < 4.78 is 119. The van der Waals surface area contributed by atoms with Crippen LogP contribution < -0.4 is 5.32 Å². The number of alkyl halides is 9. The summed E-state index contributed by atoms with van der Waals surface area (Å²) >= 11 is 10.9. The van der Waals surface area contributed by atoms with Gasteiger partial charge in [0.2, 0.25) is 0 Å². The number of nitrogens with one attached hydrogen (secondary N) is 1. The maximum absolute atomic E-state index is 13.4. The Hall–Kier alpha value is -3.01. The molecular formula is C15H4Cl2F9N3O4. The average molecular weight is 532 g/mol. The zero-order valence-corrected chi connectivity index (χ0v) is 16.4. The van der Waals surface area contributed by atoms with Gasteiger partial charge in [-0.25, -0.2) is 0 Å². The summed E-state index contributed by atoms with van der Waals surface area (Å²) in [5.74, 6) is 0. The largest absolute Gasteiger partial charge is 0.418 e. The Morgan fingerprint density at radius 1 is 0.727 bits per heavy atom. The Morgan fingerprint density at radius 3 is 1.64 bits per heavy atom. The number of non-ortho nitro benzene ring substituents is 1. The van der Waals surface area contributed by atoms with Gasteiger partial charge in [0.1, 0.15) is 5.69 Å². The number of benzene rings is 2. The van der Waals surface area contributed by atoms with Crippen LogP contribution in [0.15, 0.2) is 18.2 Å². The smallest absolute Gasteiger partial charge is 0.347 e. The molecule has 180 valence electrons. The molecule has 0 saturated carbocycles. The van der Waals surface area contributed by atoms with Gasteiger partial charge in [0.05, 0.1) is 48.3 Å². The van der Waals surface area contributed by atoms with Crippen molar-refractivity contribution in [3.8, 4) is 0 Å². The maximum atomic E-state index is 13.4. The van der Waals surface area contributed by atoms with E-state index in [0.29, 0.717) is 0 Å². The van der Waals surface area contributed by atoms with Gasteiger partial charge < -0.3 is 5.32 Å². The lowest BCUT2D eigenvalue weighted by Crippen LogP contribution is -2.18. The fourth-order valence-corrected chi connectivity index (χ4v) is 3.23. The molecule has 0 radical (unpaired) electrons. The molecule has 0 aliphatic rings. The number of hydrogen-bond donors (Lipinski definition) is 1. The second kappa shape index (κ2) is 8.40. The summed E-state index contributed by atoms with van der Waals surface area (Å²) in [5, 5.41) is 20.5. The molecule has 1 N–H and O–H groups in total. The molecule has 18 heteroatoms. The number of nitro benzene ring substituents is 2. The molecule has 0 aliphatic heterocycles. The second-order valence-electron chi connectivity index (χ2n) is 5.99. The lowest BCUT2D eigenvalue weighted by atomic mass is 10.0. The molecule has 0 aliphatic carbocycles. The number of nitrogens with zero attached hydrogens (tertiary/aromatic N) is 2. The predicted molar refractivity (Wildman–Crippen MR) is 94.5 cm³/mol. The fraction of sp³-hybridized carbons (Fsp3) is 0.200. The van der Waals surface area contributed by atoms with Crippen LogP contribution in [0.25, 0.3) is 0 Å². The SMILES string of the molecule is O=[N+]([O-])c1cc([N+](=O)[O-])c(Nc2c(Cl)cc(C(F)(F)F)c(C(F)(F)F)c2Cl)c(C(F)(F)F)c1. The number of halogens is 11. The van der Waals surface area contributed by atoms with Crippen molar-refractivity contribution >= 4 is 46.0 Å². The van der Waals surface area contributed by atoms with E-state index in [4.69, 9.17) is 23.2 Å². The summed E-state index contributed by atoms with van der Waals surface area (Å²) in [6.07, 6.45) is -17.0. The minimum atomic E-state index is -5.78. The Balaban J connectivity index is 2.94. The lowest BCUT2D eigenvalue weighted by Gasteiger charge is -2.22. The molecule has 2 aromatic carbocycles. The molecule has 33 heavy (non-hydrogen) atoms. The van der Waals surface area contributed by atoms with Crippen LogP contribution in [0.5, 0.6) is 0 Å². The lowest BCUT2D eigenvalue weighted by molar-refractivity contribution is -0.394. The van der Waals surface area contributed by atoms with E-state index in [1.165, 1.54) is 5.32 Å². The number of rotatable bonds is 4. The summed E-state index contributed by atoms with van der Waals surface area (Å²) in [6, 6.07) is -0.414. The van der Waals surface area contributed by atoms with E-state index in [-0.39, 0.29) is 18.2 Å². The third-order valence-corrected chi connectivity index (χ3v) is 4.55. The van der Waals surface area contributed by atoms with Gasteiger partial charge in [-0.05, 0) is 6.07 Å². The number of nitro groups is 2. The van der Waals surface area contributed by atoms with E-state index in [9.17, 15) is 59.7 Å². The Labute approximate surface area is 185 Å². The molecule has 0 atom stereocenters. The molecule has 0 fully saturated rings. The van der Waals surface area contributed by atoms with Crippen LogP contribution in [-0.2, 0) is 18.5 Å². The van der Waals surface area contributed by atoms with E-state index in [1.54, 1.807) is 0 Å². The molecule has 0 heterocycles. The van der Waals surface area contributed by atoms with Crippen molar-refractivity contribution in [2.45, 2.75) is 18.5 Å². The van der Waals surface area contributed by atoms with Gasteiger partial charge >= 0.3 is 18.5 Å². The first-order valence-electron chi connectivity index (χ1n) is 7.74. The van der Waals surface area contributed by atoms with Gasteiger partial charge in [-0.1, -0.05) is 23.2 Å². The van der Waals surface area contributed by atoms with Crippen LogP contribution in [0.2, 0.25) is 10.0 Å². The normalized spacial score (nSPS) is 12.6. The minimum absolute atomic E-state index is 0.0497. The van der Waals surface area contributed by atoms with Crippen LogP contribution >= 0.6 is 23.2 Å². The first-order chi connectivity index (χ1) is 14.8. The van der Waals surface area contributed by atoms with Gasteiger partial charge in [-0.15, -0.1) is 0 Å². The topological polar surface area (TPSA) is 98.3 Å². The number of hydrogen-bond acceptors (Lipinski definition) is 5. The molecule has 7 nitrogen and oxygen atoms in total. The molecule has 2 aromatic rings. The van der Waals surface area contributed by atoms with Gasteiger partial charge in [0, 0.05) is 6.07 Å². The summed E-state index contributed by atoms with van der Waals surface area (Å²) in [6.45, 7) is 0. The highest BCUT2D eigenvalue weighted by atomic mass is 35.5. The molecular weight excluding hydrogens is 528 g/mol. The zero-order chi connectivity index (χ0) is 25.7. The quantitative estimate of drug-likeness (QED) is 0.248. The van der Waals surface area contributed by atoms with Crippen molar-refractivity contribution in [2.24, 2.45) is 0 Å². The molecule has 0 amide bonds. The van der Waals surface area contributed by atoms with Crippen LogP contribution in [0, 0.1) is 20.2 Å². The molecule has 0 aromatic heterocycles. The van der Waals surface area contributed by atoms with Gasteiger partial charge in [-0.2, -0.15) is 39.5 Å². The highest BCUT2D eigenvalue weighted by molar-refractivity contribution is 6.40. The number of anilines is 2. The predicted octanol–water partition coefficient (Wildman–Crippen LogP) is 7.61. The van der Waals surface area contributed by atoms with Crippen molar-refractivity contribution in [2.75, 3.05) is 5.32 Å². The minimum Gasteiger partial charge on any atom is -0.347 e. The highest BCUT2D eigenvalue weighted by Crippen LogP contribution is 2.51. The van der Waals surface area contributed by atoms with Crippen molar-refractivity contribution in [1.29, 1.82) is 0 Å². The average Bonchev–Trinajstić information content (AvgIpc) is 2.61. The summed E-state index contributed by atoms with van der Waals surface area (Å²) in [5.41, 5.74) is -13.1. The zero-order valence-electron chi connectivity index (χ0n) is 14.9. The standard InChI is InChI=1S/C15H4Cl2F9N3O4/c16-7-3-5(13(18,19)20)9(15(24,25)26)10(17)12(7)27-11-6(14(21,22)23)1-4(28(30)31)2-8(11)29(32)33/h1-3,27H. The Kier molecular flexibility index (Phi) is 6.68. The second-order valence-corrected chi connectivity index (χ2v) is 6.78. The molecule has 0 unspecified atom stereocenters. The van der Waals surface area contributed by atoms with Gasteiger partial charge in [-0.3, -0.25) is 20.2 Å². The molecule has 0 saturated heterocycles. The molecule has 0 bridgehead atoms. The van der Waals surface area contributed by atoms with Crippen molar-refractivity contribution in [1.82, 2.24) is 0 Å². The fourth-order valence-electron chi connectivity index (χ4n) is 2.58. The van der Waals surface area contributed by atoms with E-state index >= 15 is 0 Å². The van der Waals surface area contributed by atoms with E-state index < -0.39 is 77.9 Å². The third-order valence-electron chi connectivity index (χ3n) is 3.87. The van der Waals surface area contributed by atoms with Gasteiger partial charge in [0.25, 0.3) is 11.4 Å². The highest BCUT2D eigenvalue weighted by Gasteiger charge is 2.47. The summed E-state index contributed by atoms with van der Waals surface area (Å²) in [4.78, 5) is 19.1. The monoisotopic (exact) mass is 531 g/mol. The van der Waals surface area contributed by atoms with Crippen LogP contribution in [0.4, 0.5) is 62.3 Å². The summed E-state index contributed by atoms with van der Waals surface area (Å²) in [7, 11) is 0. The van der Waals surface area contributed by atoms with E-state index in [0.717, 1.165) is 0 Å². The molecule has 0 spiro atoms. The van der Waals surface area contributed by atoms with Crippen molar-refractivity contribution in [3.05, 3.63) is 65.2 Å². The van der Waals surface area contributed by atoms with Crippen molar-refractivity contribution < 1.29 is 49.4 Å². The Morgan fingerprint density at radius 2 is 1.24 bits per heavy atom. The van der Waals surface area contributed by atoms with Crippen molar-refractivity contribution in [3.63, 3.8) is 0 Å². The van der Waals surface area contributed by atoms with E-state index in [1.807, 2.05) is 0 Å². The first kappa shape index (κ1) is 26.2. The third kappa shape index (κ3) is 5.32. The molecule has 2 rings (SSSR count). The van der Waals surface area contributed by atoms with Crippen LogP contribution in [0.1, 0.15) is 16.7 Å². The maximum Gasteiger partial charge on any atom is 0.418 e. The van der Waals surface area contributed by atoms with Crippen LogP contribution in [-0.4, -0.2) is 9.85 Å². The Bertz CT molecular complexity index is 1150. The van der Waals surface area contributed by atoms with E-state index in [2.05, 4.69) is 0 Å².